The van der Waals surface area contributed by atoms with Gasteiger partial charge in [-0.1, -0.05) is 0 Å². The van der Waals surface area contributed by atoms with Crippen molar-refractivity contribution >= 4 is 47.5 Å². The highest BCUT2D eigenvalue weighted by Crippen LogP contribution is 2.06. The van der Waals surface area contributed by atoms with Crippen molar-refractivity contribution < 1.29 is 39.0 Å². The van der Waals surface area contributed by atoms with Gasteiger partial charge in [0.25, 0.3) is 0 Å². The number of aliphatic imine (C=N–C) groups is 2. The van der Waals surface area contributed by atoms with Crippen LogP contribution in [0.15, 0.2) is 9.98 Å². The number of nitrogens with two attached hydrogens (primary N) is 6. The van der Waals surface area contributed by atoms with E-state index in [1.165, 1.54) is 0 Å². The van der Waals surface area contributed by atoms with Gasteiger partial charge in [-0.25, -0.2) is 4.79 Å². The van der Waals surface area contributed by atoms with Crippen molar-refractivity contribution in [2.24, 2.45) is 44.4 Å². The van der Waals surface area contributed by atoms with Crippen molar-refractivity contribution in [3.05, 3.63) is 0 Å². The molecule has 4 amide bonds. The summed E-state index contributed by atoms with van der Waals surface area (Å²) < 4.78 is 0. The third kappa shape index (κ3) is 16.2. The topological polar surface area (TPSA) is 360 Å². The van der Waals surface area contributed by atoms with Crippen molar-refractivity contribution in [2.45, 2.75) is 69.1 Å². The minimum absolute atomic E-state index is 0.0364. The fourth-order valence-electron chi connectivity index (χ4n) is 3.19. The Morgan fingerprint density at radius 2 is 1.07 bits per heavy atom. The highest BCUT2D eigenvalue weighted by atomic mass is 16.4. The van der Waals surface area contributed by atoms with Crippen molar-refractivity contribution in [3.8, 4) is 0 Å². The largest absolute Gasteiger partial charge is 0.481 e. The maximum Gasteiger partial charge on any atom is 0.326 e. The fourth-order valence-corrected chi connectivity index (χ4v) is 3.19. The normalized spacial score (nSPS) is 13.4. The van der Waals surface area contributed by atoms with E-state index >= 15 is 0 Å². The third-order valence-electron chi connectivity index (χ3n) is 5.18. The van der Waals surface area contributed by atoms with Crippen LogP contribution < -0.4 is 50.4 Å². The molecule has 0 fully saturated rings. The van der Waals surface area contributed by atoms with Crippen molar-refractivity contribution in [1.82, 2.24) is 16.0 Å². The van der Waals surface area contributed by atoms with E-state index < -0.39 is 66.2 Å². The van der Waals surface area contributed by atoms with Gasteiger partial charge in [-0.05, 0) is 32.1 Å². The summed E-state index contributed by atoms with van der Waals surface area (Å²) >= 11 is 0. The zero-order valence-corrected chi connectivity index (χ0v) is 21.9. The van der Waals surface area contributed by atoms with Gasteiger partial charge in [0.2, 0.25) is 23.6 Å². The lowest BCUT2D eigenvalue weighted by Gasteiger charge is -2.25. The molecule has 0 aromatic heterocycles. The number of rotatable bonds is 20. The predicted molar refractivity (Wildman–Crippen MR) is 142 cm³/mol. The van der Waals surface area contributed by atoms with Crippen molar-refractivity contribution in [3.63, 3.8) is 0 Å². The van der Waals surface area contributed by atoms with Gasteiger partial charge < -0.3 is 60.6 Å². The van der Waals surface area contributed by atoms with Gasteiger partial charge in [-0.15, -0.1) is 0 Å². The molecule has 4 atom stereocenters. The van der Waals surface area contributed by atoms with E-state index in [0.29, 0.717) is 0 Å². The molecule has 226 valence electrons. The Morgan fingerprint density at radius 3 is 1.50 bits per heavy atom. The lowest BCUT2D eigenvalue weighted by molar-refractivity contribution is -0.142. The zero-order chi connectivity index (χ0) is 30.8. The highest BCUT2D eigenvalue weighted by Gasteiger charge is 2.30. The Hall–Kier alpha value is -4.68. The number of guanidine groups is 2. The number of primary amides is 1. The molecular formula is C21H39N11O8. The molecule has 40 heavy (non-hydrogen) atoms. The molecule has 17 N–H and O–H groups in total. The molecule has 0 rings (SSSR count). The van der Waals surface area contributed by atoms with Gasteiger partial charge in [-0.2, -0.15) is 0 Å². The van der Waals surface area contributed by atoms with E-state index in [1.807, 2.05) is 0 Å². The van der Waals surface area contributed by atoms with E-state index in [9.17, 15) is 33.9 Å². The van der Waals surface area contributed by atoms with Crippen LogP contribution in [0.1, 0.15) is 44.9 Å². The second-order valence-corrected chi connectivity index (χ2v) is 8.63. The predicted octanol–water partition coefficient (Wildman–Crippen LogP) is -5.30. The summed E-state index contributed by atoms with van der Waals surface area (Å²) in [6.45, 7) is 0.195. The third-order valence-corrected chi connectivity index (χ3v) is 5.18. The summed E-state index contributed by atoms with van der Waals surface area (Å²) in [5.74, 6) is -6.67. The lowest BCUT2D eigenvalue weighted by atomic mass is 10.1. The number of hydrogen-bond donors (Lipinski definition) is 11. The van der Waals surface area contributed by atoms with Gasteiger partial charge >= 0.3 is 11.9 Å². The van der Waals surface area contributed by atoms with E-state index in [4.69, 9.17) is 39.5 Å². The summed E-state index contributed by atoms with van der Waals surface area (Å²) in [6.07, 6.45) is -1.06. The number of nitrogens with one attached hydrogen (secondary N) is 3. The Labute approximate surface area is 229 Å². The highest BCUT2D eigenvalue weighted by molar-refractivity contribution is 5.95. The van der Waals surface area contributed by atoms with Crippen LogP contribution in [0.3, 0.4) is 0 Å². The van der Waals surface area contributed by atoms with E-state index in [-0.39, 0.29) is 63.5 Å². The molecule has 19 heteroatoms. The maximum absolute atomic E-state index is 13.0. The molecule has 0 radical (unpaired) electrons. The van der Waals surface area contributed by atoms with E-state index in [2.05, 4.69) is 25.9 Å². The number of carboxylic acid groups (broad SMARTS) is 2. The van der Waals surface area contributed by atoms with Gasteiger partial charge in [0.15, 0.2) is 11.9 Å². The summed E-state index contributed by atoms with van der Waals surface area (Å²) in [5, 5.41) is 25.3. The first-order chi connectivity index (χ1) is 18.6. The van der Waals surface area contributed by atoms with Gasteiger partial charge in [0.05, 0.1) is 12.5 Å². The molecule has 0 saturated carbocycles. The quantitative estimate of drug-likeness (QED) is 0.0368. The van der Waals surface area contributed by atoms with Crippen molar-refractivity contribution in [2.75, 3.05) is 13.1 Å². The minimum atomic E-state index is -1.50. The number of carboxylic acids is 2. The lowest BCUT2D eigenvalue weighted by Crippen LogP contribution is -2.57. The second-order valence-electron chi connectivity index (χ2n) is 8.63. The monoisotopic (exact) mass is 573 g/mol. The number of amides is 4. The average molecular weight is 574 g/mol. The van der Waals surface area contributed by atoms with Crippen LogP contribution in [0.5, 0.6) is 0 Å². The molecule has 4 unspecified atom stereocenters. The summed E-state index contributed by atoms with van der Waals surface area (Å²) in [7, 11) is 0. The minimum Gasteiger partial charge on any atom is -0.481 e. The molecule has 0 aliphatic rings. The maximum atomic E-state index is 13.0. The fraction of sp³-hybridized carbons (Fsp3) is 0.619. The number of hydrogen-bond acceptors (Lipinski definition) is 9. The van der Waals surface area contributed by atoms with Crippen LogP contribution in [-0.4, -0.2) is 95.0 Å². The molecule has 19 nitrogen and oxygen atoms in total. The van der Waals surface area contributed by atoms with Crippen molar-refractivity contribution in [1.29, 1.82) is 0 Å². The molecule has 0 aliphatic carbocycles. The number of carbonyl (C=O) groups excluding carboxylic acids is 4. The van der Waals surface area contributed by atoms with Crippen LogP contribution in [0, 0.1) is 0 Å². The van der Waals surface area contributed by atoms with Gasteiger partial charge in [0, 0.05) is 19.5 Å². The molecule has 0 saturated heterocycles. The number of nitrogens with zero attached hydrogens (tertiary/aromatic N) is 2. The van der Waals surface area contributed by atoms with E-state index in [1.54, 1.807) is 0 Å². The Balaban J connectivity index is 5.73. The van der Waals surface area contributed by atoms with Crippen LogP contribution in [0.25, 0.3) is 0 Å². The molecule has 0 spiro atoms. The van der Waals surface area contributed by atoms with Crippen LogP contribution in [0.4, 0.5) is 0 Å². The van der Waals surface area contributed by atoms with E-state index in [0.717, 1.165) is 0 Å². The average Bonchev–Trinajstić information content (AvgIpc) is 2.83. The SMILES string of the molecule is NC(=O)CCC(NC(=O)C(N)CC(=O)O)C(=O)NC(CCCN=C(N)N)C(=O)NC(CCCN=C(N)N)C(=O)O. The first-order valence-electron chi connectivity index (χ1n) is 12.1. The van der Waals surface area contributed by atoms with Crippen LogP contribution >= 0.6 is 0 Å². The van der Waals surface area contributed by atoms with Crippen LogP contribution in [-0.2, 0) is 28.8 Å². The molecule has 0 aromatic rings. The Morgan fingerprint density at radius 1 is 0.650 bits per heavy atom. The first-order valence-corrected chi connectivity index (χ1v) is 12.1. The summed E-state index contributed by atoms with van der Waals surface area (Å²) in [5.41, 5.74) is 31.7. The number of carbonyl (C=O) groups is 6. The first kappa shape index (κ1) is 35.3. The zero-order valence-electron chi connectivity index (χ0n) is 21.9. The van der Waals surface area contributed by atoms with Gasteiger partial charge in [0.1, 0.15) is 18.1 Å². The Kier molecular flexibility index (Phi) is 16.4. The number of aliphatic carboxylic acids is 2. The molecule has 0 aromatic carbocycles. The summed E-state index contributed by atoms with van der Waals surface area (Å²) in [4.78, 5) is 79.7. The van der Waals surface area contributed by atoms with Crippen LogP contribution in [0.2, 0.25) is 0 Å². The molecular weight excluding hydrogens is 534 g/mol. The summed E-state index contributed by atoms with van der Waals surface area (Å²) in [6, 6.07) is -5.60. The molecule has 0 heterocycles. The smallest absolute Gasteiger partial charge is 0.326 e. The Bertz CT molecular complexity index is 964. The second kappa shape index (κ2) is 18.6. The molecule has 0 bridgehead atoms. The molecule has 0 aliphatic heterocycles. The standard InChI is InChI=1S/C21H39N11O8/c22-10(9-15(34)35)16(36)30-12(5-6-14(23)33)18(38)31-11(3-1-7-28-20(24)25)17(37)32-13(19(39)40)4-2-8-29-21(26)27/h10-13H,1-9,22H2,(H2,23,33)(H,30,36)(H,31,38)(H,32,37)(H,34,35)(H,39,40)(H4,24,25,28)(H4,26,27,29). The van der Waals surface area contributed by atoms with Gasteiger partial charge in [-0.3, -0.25) is 34.0 Å².